The van der Waals surface area contributed by atoms with Gasteiger partial charge in [-0.15, -0.1) is 11.3 Å². The number of benzene rings is 1. The van der Waals surface area contributed by atoms with Gasteiger partial charge in [-0.05, 0) is 37.6 Å². The van der Waals surface area contributed by atoms with E-state index in [9.17, 15) is 0 Å². The van der Waals surface area contributed by atoms with Crippen molar-refractivity contribution in [3.05, 3.63) is 60.4 Å². The van der Waals surface area contributed by atoms with Crippen molar-refractivity contribution in [2.24, 2.45) is 0 Å². The minimum Gasteiger partial charge on any atom is -0.379 e. The maximum Gasteiger partial charge on any atom is 0.137 e. The van der Waals surface area contributed by atoms with Crippen molar-refractivity contribution in [2.75, 3.05) is 32.8 Å². The highest BCUT2D eigenvalue weighted by atomic mass is 32.1. The quantitative estimate of drug-likeness (QED) is 0.332. The van der Waals surface area contributed by atoms with Crippen LogP contribution in [0, 0.1) is 0 Å². The van der Waals surface area contributed by atoms with E-state index in [4.69, 9.17) is 9.72 Å². The molecule has 0 atom stereocenters. The summed E-state index contributed by atoms with van der Waals surface area (Å²) in [5, 5.41) is 5.59. The lowest BCUT2D eigenvalue weighted by Crippen LogP contribution is -2.36. The Kier molecular flexibility index (Phi) is 5.68. The molecule has 168 valence electrons. The van der Waals surface area contributed by atoms with Gasteiger partial charge in [-0.2, -0.15) is 0 Å². The molecular formula is C26H27N5OS. The number of unbranched alkanes of at least 4 members (excludes halogenated alkanes) is 1. The molecule has 0 radical (unpaired) electrons. The first-order chi connectivity index (χ1) is 16.4. The molecule has 0 bridgehead atoms. The molecule has 0 saturated carbocycles. The lowest BCUT2D eigenvalue weighted by Gasteiger charge is -2.26. The number of aromatic amines is 1. The van der Waals surface area contributed by atoms with E-state index in [-0.39, 0.29) is 0 Å². The van der Waals surface area contributed by atoms with E-state index in [0.29, 0.717) is 0 Å². The average molecular weight is 458 g/mol. The predicted octanol–water partition coefficient (Wildman–Crippen LogP) is 5.42. The third-order valence-electron chi connectivity index (χ3n) is 6.48. The molecule has 0 unspecified atom stereocenters. The van der Waals surface area contributed by atoms with Crippen LogP contribution in [-0.2, 0) is 11.3 Å². The molecule has 6 rings (SSSR count). The van der Waals surface area contributed by atoms with E-state index in [1.807, 2.05) is 18.5 Å². The highest BCUT2D eigenvalue weighted by Gasteiger charge is 2.16. The van der Waals surface area contributed by atoms with Crippen LogP contribution in [0.3, 0.4) is 0 Å². The number of aromatic nitrogens is 4. The maximum absolute atomic E-state index is 5.46. The Morgan fingerprint density at radius 1 is 0.970 bits per heavy atom. The molecule has 4 aromatic heterocycles. The Labute approximate surface area is 196 Å². The van der Waals surface area contributed by atoms with Gasteiger partial charge in [-0.1, -0.05) is 18.2 Å². The molecular weight excluding hydrogens is 430 g/mol. The van der Waals surface area contributed by atoms with E-state index >= 15 is 0 Å². The summed E-state index contributed by atoms with van der Waals surface area (Å²) in [5.74, 6) is 0. The highest BCUT2D eigenvalue weighted by molar-refractivity contribution is 7.13. The number of morpholine rings is 1. The number of rotatable bonds is 7. The Balaban J connectivity index is 1.24. The largest absolute Gasteiger partial charge is 0.379 e. The van der Waals surface area contributed by atoms with Crippen LogP contribution >= 0.6 is 11.3 Å². The zero-order chi connectivity index (χ0) is 22.0. The number of fused-ring (bicyclic) bond motifs is 2. The van der Waals surface area contributed by atoms with Crippen LogP contribution in [-0.4, -0.2) is 57.3 Å². The number of nitrogens with one attached hydrogen (secondary N) is 1. The monoisotopic (exact) mass is 457 g/mol. The lowest BCUT2D eigenvalue weighted by molar-refractivity contribution is 0.0371. The summed E-state index contributed by atoms with van der Waals surface area (Å²) in [4.78, 5) is 15.2. The van der Waals surface area contributed by atoms with Gasteiger partial charge in [-0.25, -0.2) is 9.97 Å². The zero-order valence-electron chi connectivity index (χ0n) is 18.5. The molecule has 7 heteroatoms. The molecule has 1 aliphatic heterocycles. The minimum absolute atomic E-state index is 0.871. The topological polar surface area (TPSA) is 59.0 Å². The smallest absolute Gasteiger partial charge is 0.137 e. The molecule has 33 heavy (non-hydrogen) atoms. The number of nitrogens with zero attached hydrogens (tertiary/aromatic N) is 4. The van der Waals surface area contributed by atoms with Gasteiger partial charge in [0.2, 0.25) is 0 Å². The first-order valence-corrected chi connectivity index (χ1v) is 12.5. The summed E-state index contributed by atoms with van der Waals surface area (Å²) in [7, 11) is 0. The number of para-hydroxylation sites is 1. The number of H-pyrrole nitrogens is 1. The number of thiazole rings is 1. The van der Waals surface area contributed by atoms with Crippen LogP contribution in [0.5, 0.6) is 0 Å². The maximum atomic E-state index is 5.46. The average Bonchev–Trinajstić information content (AvgIpc) is 3.59. The molecule has 0 amide bonds. The Bertz CT molecular complexity index is 1380. The zero-order valence-corrected chi connectivity index (χ0v) is 19.4. The highest BCUT2D eigenvalue weighted by Crippen LogP contribution is 2.36. The third-order valence-corrected chi connectivity index (χ3v) is 7.35. The van der Waals surface area contributed by atoms with Gasteiger partial charge in [-0.3, -0.25) is 4.90 Å². The van der Waals surface area contributed by atoms with Gasteiger partial charge in [0.1, 0.15) is 10.7 Å². The van der Waals surface area contributed by atoms with Crippen molar-refractivity contribution < 1.29 is 4.74 Å². The fourth-order valence-electron chi connectivity index (χ4n) is 4.73. The van der Waals surface area contributed by atoms with Crippen molar-refractivity contribution in [1.82, 2.24) is 24.4 Å². The first-order valence-electron chi connectivity index (χ1n) is 11.6. The van der Waals surface area contributed by atoms with Crippen molar-refractivity contribution in [1.29, 1.82) is 0 Å². The van der Waals surface area contributed by atoms with Crippen molar-refractivity contribution >= 4 is 33.3 Å². The summed E-state index contributed by atoms with van der Waals surface area (Å²) in [6.07, 6.45) is 8.48. The van der Waals surface area contributed by atoms with Gasteiger partial charge in [0.05, 0.1) is 18.9 Å². The third kappa shape index (κ3) is 4.08. The van der Waals surface area contributed by atoms with Crippen molar-refractivity contribution in [3.8, 4) is 21.8 Å². The van der Waals surface area contributed by atoms with Crippen LogP contribution in [0.4, 0.5) is 0 Å². The fourth-order valence-corrected chi connectivity index (χ4v) is 5.58. The van der Waals surface area contributed by atoms with Crippen LogP contribution in [0.15, 0.2) is 60.4 Å². The van der Waals surface area contributed by atoms with Crippen LogP contribution in [0.25, 0.3) is 43.8 Å². The molecule has 1 fully saturated rings. The van der Waals surface area contributed by atoms with Gasteiger partial charge in [0.15, 0.2) is 0 Å². The minimum atomic E-state index is 0.871. The lowest BCUT2D eigenvalue weighted by atomic mass is 10.1. The standard InChI is InChI=1S/C26H27N5OS/c1-2-8-24-19(6-1)22(17-31(24)11-4-3-10-30-12-14-32-15-13-30)26-29-23(18-33-26)21-16-28-25-20(21)7-5-9-27-25/h1-2,5-9,16-18H,3-4,10-15H2,(H,27,28). The summed E-state index contributed by atoms with van der Waals surface area (Å²) < 4.78 is 7.86. The molecule has 1 aliphatic rings. The predicted molar refractivity (Wildman–Crippen MR) is 135 cm³/mol. The number of hydrogen-bond acceptors (Lipinski definition) is 5. The van der Waals surface area contributed by atoms with E-state index in [1.165, 1.54) is 29.3 Å². The number of pyridine rings is 1. The Hall–Kier alpha value is -3.00. The van der Waals surface area contributed by atoms with Crippen LogP contribution in [0.2, 0.25) is 0 Å². The van der Waals surface area contributed by atoms with E-state index in [0.717, 1.165) is 66.7 Å². The van der Waals surface area contributed by atoms with Crippen LogP contribution < -0.4 is 0 Å². The molecule has 1 aromatic carbocycles. The van der Waals surface area contributed by atoms with E-state index in [2.05, 4.69) is 61.3 Å². The molecule has 0 aliphatic carbocycles. The number of ether oxygens (including phenoxy) is 1. The SMILES string of the molecule is c1cnc2[nH]cc(-c3csc(-c4cn(CCCCN5CCOCC5)c5ccccc45)n3)c2c1. The van der Waals surface area contributed by atoms with E-state index < -0.39 is 0 Å². The molecule has 0 spiro atoms. The molecule has 1 N–H and O–H groups in total. The van der Waals surface area contributed by atoms with Gasteiger partial charge < -0.3 is 14.3 Å². The van der Waals surface area contributed by atoms with Gasteiger partial charge >= 0.3 is 0 Å². The fraction of sp³-hybridized carbons (Fsp3) is 0.308. The van der Waals surface area contributed by atoms with Gasteiger partial charge in [0.25, 0.3) is 0 Å². The Morgan fingerprint density at radius 3 is 2.76 bits per heavy atom. The van der Waals surface area contributed by atoms with Crippen molar-refractivity contribution in [3.63, 3.8) is 0 Å². The Morgan fingerprint density at radius 2 is 1.82 bits per heavy atom. The summed E-state index contributed by atoms with van der Waals surface area (Å²) in [6.45, 7) is 6.06. The second-order valence-electron chi connectivity index (χ2n) is 8.55. The number of aryl methyl sites for hydroxylation is 1. The number of hydrogen-bond donors (Lipinski definition) is 1. The molecule has 6 nitrogen and oxygen atoms in total. The first kappa shape index (κ1) is 20.6. The summed E-state index contributed by atoms with van der Waals surface area (Å²) >= 11 is 1.71. The summed E-state index contributed by atoms with van der Waals surface area (Å²) in [6, 6.07) is 12.7. The molecule has 5 aromatic rings. The van der Waals surface area contributed by atoms with Crippen LogP contribution in [0.1, 0.15) is 12.8 Å². The molecule has 1 saturated heterocycles. The summed E-state index contributed by atoms with van der Waals surface area (Å²) in [5.41, 5.74) is 5.50. The molecule has 5 heterocycles. The second-order valence-corrected chi connectivity index (χ2v) is 9.41. The van der Waals surface area contributed by atoms with Gasteiger partial charge in [0, 0.05) is 71.0 Å². The van der Waals surface area contributed by atoms with Crippen molar-refractivity contribution in [2.45, 2.75) is 19.4 Å². The van der Waals surface area contributed by atoms with E-state index in [1.54, 1.807) is 11.3 Å². The normalized spacial score (nSPS) is 15.0. The second kappa shape index (κ2) is 9.09.